The lowest BCUT2D eigenvalue weighted by atomic mass is 10.1. The van der Waals surface area contributed by atoms with E-state index < -0.39 is 4.75 Å². The van der Waals surface area contributed by atoms with Crippen molar-refractivity contribution in [2.75, 3.05) is 0 Å². The molecule has 1 saturated carbocycles. The van der Waals surface area contributed by atoms with E-state index in [0.717, 1.165) is 48.8 Å². The summed E-state index contributed by atoms with van der Waals surface area (Å²) in [4.78, 5) is 11.9. The van der Waals surface area contributed by atoms with Crippen molar-refractivity contribution in [3.63, 3.8) is 0 Å². The normalized spacial score (nSPS) is 17.2. The van der Waals surface area contributed by atoms with Crippen LogP contribution >= 0.6 is 11.8 Å². The molecule has 0 radical (unpaired) electrons. The smallest absolute Gasteiger partial charge is 0.234 e. The lowest BCUT2D eigenvalue weighted by Crippen LogP contribution is -2.38. The second-order valence-corrected chi connectivity index (χ2v) is 6.58. The first kappa shape index (κ1) is 14.2. The van der Waals surface area contributed by atoms with Crippen LogP contribution in [0.4, 0.5) is 0 Å². The molecule has 1 aliphatic rings. The quantitative estimate of drug-likeness (QED) is 0.916. The van der Waals surface area contributed by atoms with Crippen molar-refractivity contribution in [2.45, 2.75) is 49.1 Å². The number of furan rings is 1. The van der Waals surface area contributed by atoms with Crippen LogP contribution < -0.4 is 5.73 Å². The molecule has 3 rings (SSSR count). The molecule has 6 nitrogen and oxygen atoms in total. The van der Waals surface area contributed by atoms with Crippen molar-refractivity contribution in [1.82, 2.24) is 14.8 Å². The highest BCUT2D eigenvalue weighted by molar-refractivity contribution is 8.01. The number of hydrogen-bond acceptors (Lipinski definition) is 5. The molecule has 0 bridgehead atoms. The van der Waals surface area contributed by atoms with Crippen LogP contribution in [0, 0.1) is 0 Å². The Morgan fingerprint density at radius 1 is 1.48 bits per heavy atom. The number of aromatic nitrogens is 3. The van der Waals surface area contributed by atoms with E-state index in [0.29, 0.717) is 0 Å². The number of carbonyl (C=O) groups is 1. The van der Waals surface area contributed by atoms with Gasteiger partial charge in [-0.2, -0.15) is 0 Å². The van der Waals surface area contributed by atoms with E-state index in [4.69, 9.17) is 10.2 Å². The summed E-state index contributed by atoms with van der Waals surface area (Å²) in [7, 11) is 0. The summed E-state index contributed by atoms with van der Waals surface area (Å²) in [6, 6.07) is 1.85. The number of nitrogens with zero attached hydrogens (tertiary/aromatic N) is 3. The number of nitrogens with two attached hydrogens (primary N) is 1. The maximum Gasteiger partial charge on any atom is 0.234 e. The van der Waals surface area contributed by atoms with E-state index in [-0.39, 0.29) is 5.91 Å². The molecule has 1 fully saturated rings. The van der Waals surface area contributed by atoms with Gasteiger partial charge in [0, 0.05) is 6.54 Å². The molecule has 1 aliphatic carbocycles. The van der Waals surface area contributed by atoms with Gasteiger partial charge >= 0.3 is 0 Å². The fraction of sp³-hybridized carbons (Fsp3) is 0.500. The largest absolute Gasteiger partial charge is 0.472 e. The van der Waals surface area contributed by atoms with E-state index in [1.54, 1.807) is 12.5 Å². The van der Waals surface area contributed by atoms with Crippen molar-refractivity contribution in [1.29, 1.82) is 0 Å². The summed E-state index contributed by atoms with van der Waals surface area (Å²) in [6.45, 7) is 2.76. The van der Waals surface area contributed by atoms with Crippen molar-refractivity contribution >= 4 is 17.7 Å². The Bertz CT molecular complexity index is 629. The van der Waals surface area contributed by atoms with E-state index in [2.05, 4.69) is 10.2 Å². The average molecular weight is 306 g/mol. The molecule has 0 atom stereocenters. The van der Waals surface area contributed by atoms with Gasteiger partial charge in [-0.05, 0) is 25.8 Å². The van der Waals surface area contributed by atoms with E-state index >= 15 is 0 Å². The maximum absolute atomic E-state index is 11.9. The summed E-state index contributed by atoms with van der Waals surface area (Å²) in [5, 5.41) is 9.25. The fourth-order valence-corrected chi connectivity index (χ4v) is 4.12. The maximum atomic E-state index is 11.9. The van der Waals surface area contributed by atoms with E-state index in [9.17, 15) is 4.79 Å². The first-order valence-electron chi connectivity index (χ1n) is 7.11. The van der Waals surface area contributed by atoms with Crippen LogP contribution in [0.2, 0.25) is 0 Å². The standard InChI is InChI=1S/C14H18N4O2S/c1-2-18-11(10-5-8-20-9-10)16-17-13(18)21-14(12(15)19)6-3-4-7-14/h5,8-9H,2-4,6-7H2,1H3,(H2,15,19). The minimum Gasteiger partial charge on any atom is -0.472 e. The predicted octanol–water partition coefficient (Wildman–Crippen LogP) is 2.45. The monoisotopic (exact) mass is 306 g/mol. The molecule has 2 aromatic rings. The Labute approximate surface area is 127 Å². The van der Waals surface area contributed by atoms with E-state index in [1.165, 1.54) is 11.8 Å². The summed E-state index contributed by atoms with van der Waals surface area (Å²) in [6.07, 6.45) is 6.94. The zero-order chi connectivity index (χ0) is 14.9. The summed E-state index contributed by atoms with van der Waals surface area (Å²) >= 11 is 1.46. The highest BCUT2D eigenvalue weighted by atomic mass is 32.2. The average Bonchev–Trinajstić information content (AvgIpc) is 3.19. The Hall–Kier alpha value is -1.76. The molecule has 0 spiro atoms. The number of rotatable bonds is 5. The highest BCUT2D eigenvalue weighted by Crippen LogP contribution is 2.45. The molecule has 2 aromatic heterocycles. The lowest BCUT2D eigenvalue weighted by Gasteiger charge is -2.23. The number of amides is 1. The second kappa shape index (κ2) is 5.55. The molecule has 112 valence electrons. The van der Waals surface area contributed by atoms with Crippen LogP contribution in [-0.2, 0) is 11.3 Å². The van der Waals surface area contributed by atoms with Crippen molar-refractivity contribution in [3.05, 3.63) is 18.6 Å². The third-order valence-electron chi connectivity index (χ3n) is 3.96. The van der Waals surface area contributed by atoms with Crippen molar-refractivity contribution in [3.8, 4) is 11.4 Å². The van der Waals surface area contributed by atoms with Crippen molar-refractivity contribution < 1.29 is 9.21 Å². The topological polar surface area (TPSA) is 86.9 Å². The minimum absolute atomic E-state index is 0.250. The van der Waals surface area contributed by atoms with Crippen LogP contribution in [0.5, 0.6) is 0 Å². The van der Waals surface area contributed by atoms with Gasteiger partial charge in [-0.15, -0.1) is 10.2 Å². The van der Waals surface area contributed by atoms with Crippen LogP contribution in [-0.4, -0.2) is 25.4 Å². The lowest BCUT2D eigenvalue weighted by molar-refractivity contribution is -0.120. The Morgan fingerprint density at radius 3 is 2.81 bits per heavy atom. The third kappa shape index (κ3) is 2.46. The van der Waals surface area contributed by atoms with Crippen LogP contribution in [0.1, 0.15) is 32.6 Å². The van der Waals surface area contributed by atoms with Crippen molar-refractivity contribution in [2.24, 2.45) is 5.73 Å². The molecule has 0 aromatic carbocycles. The zero-order valence-electron chi connectivity index (χ0n) is 11.9. The molecular formula is C14H18N4O2S. The van der Waals surface area contributed by atoms with Gasteiger partial charge in [-0.25, -0.2) is 0 Å². The van der Waals surface area contributed by atoms with Crippen LogP contribution in [0.3, 0.4) is 0 Å². The predicted molar refractivity (Wildman–Crippen MR) is 79.6 cm³/mol. The molecule has 0 saturated heterocycles. The number of thioether (sulfide) groups is 1. The second-order valence-electron chi connectivity index (χ2n) is 5.23. The van der Waals surface area contributed by atoms with Gasteiger partial charge in [0.25, 0.3) is 0 Å². The van der Waals surface area contributed by atoms with Gasteiger partial charge in [0.15, 0.2) is 11.0 Å². The fourth-order valence-electron chi connectivity index (χ4n) is 2.77. The van der Waals surface area contributed by atoms with Gasteiger partial charge in [-0.1, -0.05) is 24.6 Å². The Balaban J connectivity index is 1.94. The first-order valence-corrected chi connectivity index (χ1v) is 7.92. The SMILES string of the molecule is CCn1c(SC2(C(N)=O)CCCC2)nnc1-c1ccoc1. The van der Waals surface area contributed by atoms with Gasteiger partial charge in [0.1, 0.15) is 11.0 Å². The molecular weight excluding hydrogens is 288 g/mol. The van der Waals surface area contributed by atoms with Gasteiger partial charge < -0.3 is 14.7 Å². The number of hydrogen-bond donors (Lipinski definition) is 1. The van der Waals surface area contributed by atoms with E-state index in [1.807, 2.05) is 17.6 Å². The highest BCUT2D eigenvalue weighted by Gasteiger charge is 2.42. The van der Waals surface area contributed by atoms with Gasteiger partial charge in [0.2, 0.25) is 5.91 Å². The number of primary amides is 1. The first-order chi connectivity index (χ1) is 10.2. The molecule has 0 aliphatic heterocycles. The number of carbonyl (C=O) groups excluding carboxylic acids is 1. The minimum atomic E-state index is -0.534. The Morgan fingerprint density at radius 2 is 2.24 bits per heavy atom. The zero-order valence-corrected chi connectivity index (χ0v) is 12.7. The van der Waals surface area contributed by atoms with Crippen LogP contribution in [0.25, 0.3) is 11.4 Å². The molecule has 0 unspecified atom stereocenters. The molecule has 2 heterocycles. The summed E-state index contributed by atoms with van der Waals surface area (Å²) in [5.74, 6) is 0.506. The molecule has 21 heavy (non-hydrogen) atoms. The molecule has 7 heteroatoms. The third-order valence-corrected chi connectivity index (χ3v) is 5.44. The van der Waals surface area contributed by atoms with Gasteiger partial charge in [0.05, 0.1) is 11.8 Å². The molecule has 2 N–H and O–H groups in total. The van der Waals surface area contributed by atoms with Crippen LogP contribution in [0.15, 0.2) is 28.2 Å². The molecule has 1 amide bonds. The summed E-state index contributed by atoms with van der Waals surface area (Å²) < 4.78 is 6.57. The Kier molecular flexibility index (Phi) is 3.75. The summed E-state index contributed by atoms with van der Waals surface area (Å²) in [5.41, 5.74) is 6.53. The van der Waals surface area contributed by atoms with Gasteiger partial charge in [-0.3, -0.25) is 4.79 Å².